The SMILES string of the molecule is CCNCCc1c(CC)nn(C2CCCC2)c1CC. The summed E-state index contributed by atoms with van der Waals surface area (Å²) in [5.74, 6) is 0. The summed E-state index contributed by atoms with van der Waals surface area (Å²) in [4.78, 5) is 0. The van der Waals surface area contributed by atoms with Crippen LogP contribution in [-0.4, -0.2) is 22.9 Å². The smallest absolute Gasteiger partial charge is 0.0657 e. The third-order valence-electron chi connectivity index (χ3n) is 4.34. The molecule has 1 saturated carbocycles. The quantitative estimate of drug-likeness (QED) is 0.765. The summed E-state index contributed by atoms with van der Waals surface area (Å²) >= 11 is 0. The van der Waals surface area contributed by atoms with Crippen LogP contribution < -0.4 is 5.32 Å². The summed E-state index contributed by atoms with van der Waals surface area (Å²) in [6.07, 6.45) is 8.71. The molecule has 0 atom stereocenters. The molecule has 2 rings (SSSR count). The van der Waals surface area contributed by atoms with Gasteiger partial charge in [0.2, 0.25) is 0 Å². The molecule has 1 fully saturated rings. The molecule has 0 aromatic carbocycles. The standard InChI is InChI=1S/C16H29N3/c1-4-15-14(11-12-17-6-3)16(5-2)19(18-15)13-9-7-8-10-13/h13,17H,4-12H2,1-3H3. The third kappa shape index (κ3) is 3.19. The number of nitrogens with one attached hydrogen (secondary N) is 1. The molecule has 3 heteroatoms. The van der Waals surface area contributed by atoms with Crippen LogP contribution in [0.15, 0.2) is 0 Å². The van der Waals surface area contributed by atoms with E-state index in [0.717, 1.165) is 32.4 Å². The Balaban J connectivity index is 2.23. The van der Waals surface area contributed by atoms with Crippen LogP contribution in [0.4, 0.5) is 0 Å². The first-order valence-electron chi connectivity index (χ1n) is 8.11. The molecule has 1 aromatic heterocycles. The highest BCUT2D eigenvalue weighted by molar-refractivity contribution is 5.28. The van der Waals surface area contributed by atoms with Gasteiger partial charge in [-0.2, -0.15) is 5.10 Å². The molecule has 0 saturated heterocycles. The normalized spacial score (nSPS) is 16.4. The maximum Gasteiger partial charge on any atom is 0.0657 e. The number of likely N-dealkylation sites (N-methyl/N-ethyl adjacent to an activating group) is 1. The average molecular weight is 263 g/mol. The molecule has 1 N–H and O–H groups in total. The van der Waals surface area contributed by atoms with E-state index < -0.39 is 0 Å². The Morgan fingerprint density at radius 1 is 1.16 bits per heavy atom. The van der Waals surface area contributed by atoms with Gasteiger partial charge < -0.3 is 5.32 Å². The predicted octanol–water partition coefficient (Wildman–Crippen LogP) is 3.28. The largest absolute Gasteiger partial charge is 0.317 e. The molecule has 0 unspecified atom stereocenters. The van der Waals surface area contributed by atoms with Gasteiger partial charge in [-0.1, -0.05) is 33.6 Å². The highest BCUT2D eigenvalue weighted by Gasteiger charge is 2.23. The zero-order chi connectivity index (χ0) is 13.7. The summed E-state index contributed by atoms with van der Waals surface area (Å²) in [6.45, 7) is 8.81. The molecule has 3 nitrogen and oxygen atoms in total. The van der Waals surface area contributed by atoms with Gasteiger partial charge in [0.1, 0.15) is 0 Å². The minimum absolute atomic E-state index is 0.674. The zero-order valence-electron chi connectivity index (χ0n) is 12.8. The topological polar surface area (TPSA) is 29.9 Å². The molecule has 1 aliphatic carbocycles. The Morgan fingerprint density at radius 2 is 1.89 bits per heavy atom. The highest BCUT2D eigenvalue weighted by Crippen LogP contribution is 2.32. The molecule has 0 aliphatic heterocycles. The van der Waals surface area contributed by atoms with Crippen LogP contribution in [0.2, 0.25) is 0 Å². The fraction of sp³-hybridized carbons (Fsp3) is 0.812. The zero-order valence-corrected chi connectivity index (χ0v) is 12.8. The third-order valence-corrected chi connectivity index (χ3v) is 4.34. The van der Waals surface area contributed by atoms with Crippen molar-refractivity contribution in [2.45, 2.75) is 71.8 Å². The Hall–Kier alpha value is -0.830. The van der Waals surface area contributed by atoms with E-state index in [4.69, 9.17) is 5.10 Å². The Morgan fingerprint density at radius 3 is 2.47 bits per heavy atom. The van der Waals surface area contributed by atoms with E-state index >= 15 is 0 Å². The molecular weight excluding hydrogens is 234 g/mol. The van der Waals surface area contributed by atoms with Crippen LogP contribution >= 0.6 is 0 Å². The monoisotopic (exact) mass is 263 g/mol. The van der Waals surface area contributed by atoms with Crippen LogP contribution in [0.1, 0.15) is 69.4 Å². The van der Waals surface area contributed by atoms with Gasteiger partial charge in [0.05, 0.1) is 11.7 Å². The maximum absolute atomic E-state index is 4.95. The maximum atomic E-state index is 4.95. The van der Waals surface area contributed by atoms with Crippen molar-refractivity contribution in [3.05, 3.63) is 17.0 Å². The Labute approximate surface area is 117 Å². The van der Waals surface area contributed by atoms with Gasteiger partial charge in [0.25, 0.3) is 0 Å². The number of hydrogen-bond donors (Lipinski definition) is 1. The van der Waals surface area contributed by atoms with E-state index in [9.17, 15) is 0 Å². The van der Waals surface area contributed by atoms with Crippen molar-refractivity contribution in [1.82, 2.24) is 15.1 Å². The van der Waals surface area contributed by atoms with Crippen LogP contribution in [0, 0.1) is 0 Å². The van der Waals surface area contributed by atoms with Gasteiger partial charge in [-0.15, -0.1) is 0 Å². The number of hydrogen-bond acceptors (Lipinski definition) is 2. The highest BCUT2D eigenvalue weighted by atomic mass is 15.3. The van der Waals surface area contributed by atoms with E-state index in [-0.39, 0.29) is 0 Å². The van der Waals surface area contributed by atoms with Crippen molar-refractivity contribution >= 4 is 0 Å². The van der Waals surface area contributed by atoms with Crippen molar-refractivity contribution < 1.29 is 0 Å². The van der Waals surface area contributed by atoms with Crippen molar-refractivity contribution in [1.29, 1.82) is 0 Å². The minimum Gasteiger partial charge on any atom is -0.317 e. The van der Waals surface area contributed by atoms with E-state index in [1.165, 1.54) is 42.6 Å². The van der Waals surface area contributed by atoms with Crippen LogP contribution in [-0.2, 0) is 19.3 Å². The van der Waals surface area contributed by atoms with E-state index in [1.54, 1.807) is 0 Å². The van der Waals surface area contributed by atoms with Crippen LogP contribution in [0.5, 0.6) is 0 Å². The van der Waals surface area contributed by atoms with Crippen molar-refractivity contribution in [2.24, 2.45) is 0 Å². The lowest BCUT2D eigenvalue weighted by molar-refractivity contribution is 0.447. The predicted molar refractivity (Wildman–Crippen MR) is 80.7 cm³/mol. The second kappa shape index (κ2) is 7.09. The van der Waals surface area contributed by atoms with Crippen molar-refractivity contribution in [3.63, 3.8) is 0 Å². The first kappa shape index (κ1) is 14.6. The van der Waals surface area contributed by atoms with Crippen LogP contribution in [0.3, 0.4) is 0 Å². The van der Waals surface area contributed by atoms with E-state index in [0.29, 0.717) is 6.04 Å². The number of rotatable bonds is 7. The molecular formula is C16H29N3. The summed E-state index contributed by atoms with van der Waals surface area (Å²) in [5, 5.41) is 8.39. The lowest BCUT2D eigenvalue weighted by Crippen LogP contribution is -2.17. The summed E-state index contributed by atoms with van der Waals surface area (Å²) in [6, 6.07) is 0.674. The van der Waals surface area contributed by atoms with Gasteiger partial charge >= 0.3 is 0 Å². The van der Waals surface area contributed by atoms with Gasteiger partial charge in [0, 0.05) is 5.69 Å². The lowest BCUT2D eigenvalue weighted by Gasteiger charge is -2.14. The fourth-order valence-corrected chi connectivity index (χ4v) is 3.34. The summed E-state index contributed by atoms with van der Waals surface area (Å²) in [5.41, 5.74) is 4.36. The second-order valence-corrected chi connectivity index (χ2v) is 5.57. The van der Waals surface area contributed by atoms with E-state index in [2.05, 4.69) is 30.8 Å². The molecule has 1 aliphatic rings. The first-order valence-corrected chi connectivity index (χ1v) is 8.11. The van der Waals surface area contributed by atoms with Crippen molar-refractivity contribution in [3.8, 4) is 0 Å². The number of nitrogens with zero attached hydrogens (tertiary/aromatic N) is 2. The number of aryl methyl sites for hydroxylation is 1. The molecule has 0 bridgehead atoms. The van der Waals surface area contributed by atoms with Gasteiger partial charge in [0.15, 0.2) is 0 Å². The molecule has 0 spiro atoms. The second-order valence-electron chi connectivity index (χ2n) is 5.57. The van der Waals surface area contributed by atoms with E-state index in [1.807, 2.05) is 0 Å². The molecule has 0 amide bonds. The Bertz CT molecular complexity index is 389. The van der Waals surface area contributed by atoms with Gasteiger partial charge in [-0.25, -0.2) is 0 Å². The molecule has 1 aromatic rings. The summed E-state index contributed by atoms with van der Waals surface area (Å²) in [7, 11) is 0. The van der Waals surface area contributed by atoms with Crippen molar-refractivity contribution in [2.75, 3.05) is 13.1 Å². The molecule has 19 heavy (non-hydrogen) atoms. The molecule has 108 valence electrons. The fourth-order valence-electron chi connectivity index (χ4n) is 3.34. The lowest BCUT2D eigenvalue weighted by atomic mass is 10.1. The first-order chi connectivity index (χ1) is 9.31. The summed E-state index contributed by atoms with van der Waals surface area (Å²) < 4.78 is 2.38. The average Bonchev–Trinajstić information content (AvgIpc) is 3.05. The Kier molecular flexibility index (Phi) is 5.44. The van der Waals surface area contributed by atoms with Gasteiger partial charge in [-0.3, -0.25) is 4.68 Å². The minimum atomic E-state index is 0.674. The van der Waals surface area contributed by atoms with Gasteiger partial charge in [-0.05, 0) is 50.8 Å². The molecule has 0 radical (unpaired) electrons. The van der Waals surface area contributed by atoms with Crippen LogP contribution in [0.25, 0.3) is 0 Å². The molecule has 1 heterocycles. The number of aromatic nitrogens is 2.